The normalized spacial score (nSPS) is 10.3. The predicted octanol–water partition coefficient (Wildman–Crippen LogP) is 2.16. The molecule has 0 aliphatic rings. The van der Waals surface area contributed by atoms with Crippen molar-refractivity contribution in [2.24, 2.45) is 7.05 Å². The van der Waals surface area contributed by atoms with Gasteiger partial charge < -0.3 is 9.47 Å². The van der Waals surface area contributed by atoms with Crippen molar-refractivity contribution in [2.75, 3.05) is 13.7 Å². The van der Waals surface area contributed by atoms with Gasteiger partial charge in [-0.1, -0.05) is 18.7 Å². The van der Waals surface area contributed by atoms with Crippen molar-refractivity contribution in [1.29, 1.82) is 0 Å². The molecule has 1 aromatic heterocycles. The van der Waals surface area contributed by atoms with Crippen LogP contribution in [-0.2, 0) is 11.8 Å². The summed E-state index contributed by atoms with van der Waals surface area (Å²) in [5, 5.41) is 4.05. The van der Waals surface area contributed by atoms with Crippen molar-refractivity contribution in [3.05, 3.63) is 42.4 Å². The van der Waals surface area contributed by atoms with Gasteiger partial charge in [0.05, 0.1) is 12.7 Å². The summed E-state index contributed by atoms with van der Waals surface area (Å²) in [5.74, 6) is 0.502. The maximum Gasteiger partial charge on any atom is 0.336 e. The Morgan fingerprint density at radius 1 is 1.42 bits per heavy atom. The average molecular weight is 263 g/mol. The molecule has 0 amide bonds. The average Bonchev–Trinajstić information content (AvgIpc) is 2.77. The van der Waals surface area contributed by atoms with E-state index in [9.17, 15) is 4.39 Å². The van der Waals surface area contributed by atoms with Gasteiger partial charge in [-0.3, -0.25) is 0 Å². The molecule has 0 aliphatic heterocycles. The lowest BCUT2D eigenvalue weighted by Crippen LogP contribution is -2.03. The highest BCUT2D eigenvalue weighted by Gasteiger charge is 2.13. The molecule has 0 saturated carbocycles. The zero-order valence-electron chi connectivity index (χ0n) is 10.8. The number of methoxy groups -OCH3 is 1. The first kappa shape index (κ1) is 13.1. The quantitative estimate of drug-likeness (QED) is 0.776. The summed E-state index contributed by atoms with van der Waals surface area (Å²) in [6, 6.07) is 6.52. The van der Waals surface area contributed by atoms with Crippen LogP contribution in [0.1, 0.15) is 0 Å². The van der Waals surface area contributed by atoms with Gasteiger partial charge in [-0.15, -0.1) is 5.10 Å². The maximum atomic E-state index is 13.7. The van der Waals surface area contributed by atoms with E-state index in [1.54, 1.807) is 25.2 Å². The highest BCUT2D eigenvalue weighted by atomic mass is 19.1. The lowest BCUT2D eigenvalue weighted by Gasteiger charge is -2.02. The Morgan fingerprint density at radius 2 is 2.16 bits per heavy atom. The number of hydrogen-bond acceptors (Lipinski definition) is 4. The first-order chi connectivity index (χ1) is 9.11. The number of benzene rings is 1. The first-order valence-electron chi connectivity index (χ1n) is 5.62. The maximum absolute atomic E-state index is 13.7. The SMILES string of the molecule is C=C(COc1nc(-c2ccccc2F)n(C)n1)OC. The molecule has 0 spiro atoms. The number of hydrogen-bond donors (Lipinski definition) is 0. The monoisotopic (exact) mass is 263 g/mol. The number of nitrogens with zero attached hydrogens (tertiary/aromatic N) is 3. The Hall–Kier alpha value is -2.37. The molecular formula is C13H14FN3O2. The van der Waals surface area contributed by atoms with E-state index in [1.165, 1.54) is 17.9 Å². The van der Waals surface area contributed by atoms with Gasteiger partial charge in [0.15, 0.2) is 5.82 Å². The molecule has 2 rings (SSSR count). The summed E-state index contributed by atoms with van der Waals surface area (Å²) in [6.07, 6.45) is 0. The van der Waals surface area contributed by atoms with Gasteiger partial charge in [-0.25, -0.2) is 9.07 Å². The second-order valence-electron chi connectivity index (χ2n) is 3.85. The Labute approximate surface area is 110 Å². The van der Waals surface area contributed by atoms with E-state index in [0.717, 1.165) is 0 Å². The fraction of sp³-hybridized carbons (Fsp3) is 0.231. The van der Waals surface area contributed by atoms with Crippen molar-refractivity contribution in [1.82, 2.24) is 14.8 Å². The van der Waals surface area contributed by atoms with Crippen LogP contribution in [0.15, 0.2) is 36.6 Å². The van der Waals surface area contributed by atoms with Gasteiger partial charge in [-0.2, -0.15) is 4.98 Å². The largest absolute Gasteiger partial charge is 0.498 e. The van der Waals surface area contributed by atoms with E-state index in [-0.39, 0.29) is 18.4 Å². The van der Waals surface area contributed by atoms with Crippen LogP contribution in [0.3, 0.4) is 0 Å². The van der Waals surface area contributed by atoms with Crippen LogP contribution in [0.4, 0.5) is 4.39 Å². The van der Waals surface area contributed by atoms with Crippen LogP contribution in [0.25, 0.3) is 11.4 Å². The molecule has 0 bridgehead atoms. The third-order valence-electron chi connectivity index (χ3n) is 2.51. The number of rotatable bonds is 5. The molecule has 0 N–H and O–H groups in total. The van der Waals surface area contributed by atoms with Crippen molar-refractivity contribution in [2.45, 2.75) is 0 Å². The molecule has 6 heteroatoms. The minimum Gasteiger partial charge on any atom is -0.498 e. The fourth-order valence-corrected chi connectivity index (χ4v) is 1.50. The van der Waals surface area contributed by atoms with E-state index < -0.39 is 0 Å². The summed E-state index contributed by atoms with van der Waals surface area (Å²) < 4.78 is 25.3. The van der Waals surface area contributed by atoms with Gasteiger partial charge >= 0.3 is 6.01 Å². The zero-order valence-corrected chi connectivity index (χ0v) is 10.8. The minimum atomic E-state index is -0.356. The predicted molar refractivity (Wildman–Crippen MR) is 68.0 cm³/mol. The molecule has 5 nitrogen and oxygen atoms in total. The van der Waals surface area contributed by atoms with Gasteiger partial charge in [0.25, 0.3) is 0 Å². The lowest BCUT2D eigenvalue weighted by molar-refractivity contribution is 0.212. The second kappa shape index (κ2) is 5.51. The summed E-state index contributed by atoms with van der Waals surface area (Å²) in [5.41, 5.74) is 0.373. The molecule has 0 fully saturated rings. The van der Waals surface area contributed by atoms with Crippen LogP contribution in [0.2, 0.25) is 0 Å². The Bertz CT molecular complexity index is 595. The number of aromatic nitrogens is 3. The van der Waals surface area contributed by atoms with Crippen molar-refractivity contribution in [3.63, 3.8) is 0 Å². The van der Waals surface area contributed by atoms with Crippen LogP contribution in [0.5, 0.6) is 6.01 Å². The van der Waals surface area contributed by atoms with Gasteiger partial charge in [0, 0.05) is 7.05 Å². The summed E-state index contributed by atoms with van der Waals surface area (Å²) in [6.45, 7) is 3.77. The van der Waals surface area contributed by atoms with Gasteiger partial charge in [-0.05, 0) is 12.1 Å². The Balaban J connectivity index is 2.22. The second-order valence-corrected chi connectivity index (χ2v) is 3.85. The molecule has 1 aromatic carbocycles. The molecule has 1 heterocycles. The van der Waals surface area contributed by atoms with Crippen molar-refractivity contribution in [3.8, 4) is 17.4 Å². The number of halogens is 1. The van der Waals surface area contributed by atoms with Crippen LogP contribution < -0.4 is 4.74 Å². The van der Waals surface area contributed by atoms with E-state index in [1.807, 2.05) is 0 Å². The topological polar surface area (TPSA) is 49.2 Å². The third kappa shape index (κ3) is 2.90. The molecule has 0 aliphatic carbocycles. The molecular weight excluding hydrogens is 249 g/mol. The van der Waals surface area contributed by atoms with Crippen molar-refractivity contribution < 1.29 is 13.9 Å². The first-order valence-corrected chi connectivity index (χ1v) is 5.62. The molecule has 100 valence electrons. The van der Waals surface area contributed by atoms with Crippen molar-refractivity contribution >= 4 is 0 Å². The minimum absolute atomic E-state index is 0.150. The van der Waals surface area contributed by atoms with Crippen LogP contribution >= 0.6 is 0 Å². The molecule has 19 heavy (non-hydrogen) atoms. The molecule has 0 atom stereocenters. The van der Waals surface area contributed by atoms with E-state index in [2.05, 4.69) is 16.7 Å². The Morgan fingerprint density at radius 3 is 2.84 bits per heavy atom. The van der Waals surface area contributed by atoms with E-state index in [4.69, 9.17) is 9.47 Å². The van der Waals surface area contributed by atoms with E-state index >= 15 is 0 Å². The van der Waals surface area contributed by atoms with Gasteiger partial charge in [0.1, 0.15) is 18.2 Å². The van der Waals surface area contributed by atoms with Gasteiger partial charge in [0.2, 0.25) is 0 Å². The standard InChI is InChI=1S/C13H14FN3O2/c1-9(18-3)8-19-13-15-12(17(2)16-13)10-6-4-5-7-11(10)14/h4-7H,1,8H2,2-3H3. The third-order valence-corrected chi connectivity index (χ3v) is 2.51. The smallest absolute Gasteiger partial charge is 0.336 e. The molecule has 0 unspecified atom stereocenters. The van der Waals surface area contributed by atoms with E-state index in [0.29, 0.717) is 17.1 Å². The van der Waals surface area contributed by atoms with Crippen LogP contribution in [0, 0.1) is 5.82 Å². The summed E-state index contributed by atoms with van der Waals surface area (Å²) in [4.78, 5) is 4.14. The Kier molecular flexibility index (Phi) is 3.79. The fourth-order valence-electron chi connectivity index (χ4n) is 1.50. The highest BCUT2D eigenvalue weighted by Crippen LogP contribution is 2.21. The van der Waals surface area contributed by atoms with Crippen LogP contribution in [-0.4, -0.2) is 28.5 Å². The summed E-state index contributed by atoms with van der Waals surface area (Å²) >= 11 is 0. The summed E-state index contributed by atoms with van der Waals surface area (Å²) in [7, 11) is 3.18. The number of ether oxygens (including phenoxy) is 2. The number of aryl methyl sites for hydroxylation is 1. The highest BCUT2D eigenvalue weighted by molar-refractivity contribution is 5.56. The lowest BCUT2D eigenvalue weighted by atomic mass is 10.2. The molecule has 0 saturated heterocycles. The molecule has 0 radical (unpaired) electrons. The molecule has 2 aromatic rings. The zero-order chi connectivity index (χ0) is 13.8.